The summed E-state index contributed by atoms with van der Waals surface area (Å²) in [7, 11) is -3.88. The van der Waals surface area contributed by atoms with Crippen LogP contribution in [0.4, 0.5) is 5.82 Å². The van der Waals surface area contributed by atoms with Gasteiger partial charge >= 0.3 is 5.97 Å². The SMILES string of the molecule is Cc1cn[nH]c1NS(=O)(=O)c1cccc(C(=O)O)c1C. The second-order valence-electron chi connectivity index (χ2n) is 4.27. The van der Waals surface area contributed by atoms with Gasteiger partial charge in [0.05, 0.1) is 16.7 Å². The average molecular weight is 295 g/mol. The van der Waals surface area contributed by atoms with Crippen molar-refractivity contribution >= 4 is 21.8 Å². The summed E-state index contributed by atoms with van der Waals surface area (Å²) in [5.41, 5.74) is 0.777. The van der Waals surface area contributed by atoms with E-state index in [9.17, 15) is 13.2 Å². The first-order valence-electron chi connectivity index (χ1n) is 5.68. The standard InChI is InChI=1S/C12H13N3O4S/c1-7-6-13-14-11(7)15-20(18,19)10-5-3-4-9(8(10)2)12(16)17/h3-6H,1-2H3,(H,16,17)(H2,13,14,15). The molecule has 3 N–H and O–H groups in total. The predicted octanol–water partition coefficient (Wildman–Crippen LogP) is 1.53. The molecule has 1 aromatic heterocycles. The molecule has 0 radical (unpaired) electrons. The van der Waals surface area contributed by atoms with Crippen LogP contribution in [-0.4, -0.2) is 29.7 Å². The Morgan fingerprint density at radius 1 is 1.35 bits per heavy atom. The maximum Gasteiger partial charge on any atom is 0.335 e. The zero-order valence-electron chi connectivity index (χ0n) is 10.8. The zero-order valence-corrected chi connectivity index (χ0v) is 11.7. The third-order valence-corrected chi connectivity index (χ3v) is 4.36. The van der Waals surface area contributed by atoms with Gasteiger partial charge in [0.1, 0.15) is 5.82 Å². The Hall–Kier alpha value is -2.35. The Morgan fingerprint density at radius 3 is 2.60 bits per heavy atom. The fourth-order valence-electron chi connectivity index (χ4n) is 1.78. The Balaban J connectivity index is 2.48. The molecular weight excluding hydrogens is 282 g/mol. The number of aryl methyl sites for hydroxylation is 1. The van der Waals surface area contributed by atoms with Gasteiger partial charge in [-0.05, 0) is 31.5 Å². The quantitative estimate of drug-likeness (QED) is 0.791. The van der Waals surface area contributed by atoms with Gasteiger partial charge in [-0.25, -0.2) is 13.2 Å². The number of carboxylic acids is 1. The lowest BCUT2D eigenvalue weighted by Gasteiger charge is -2.11. The summed E-state index contributed by atoms with van der Waals surface area (Å²) >= 11 is 0. The summed E-state index contributed by atoms with van der Waals surface area (Å²) in [6.07, 6.45) is 1.48. The molecule has 0 amide bonds. The largest absolute Gasteiger partial charge is 0.478 e. The lowest BCUT2D eigenvalue weighted by Crippen LogP contribution is -2.16. The topological polar surface area (TPSA) is 112 Å². The van der Waals surface area contributed by atoms with Crippen LogP contribution < -0.4 is 4.72 Å². The molecule has 1 heterocycles. The lowest BCUT2D eigenvalue weighted by atomic mass is 10.1. The molecule has 0 atom stereocenters. The van der Waals surface area contributed by atoms with Gasteiger partial charge in [0.15, 0.2) is 0 Å². The molecule has 0 saturated carbocycles. The van der Waals surface area contributed by atoms with Crippen LogP contribution in [0, 0.1) is 13.8 Å². The average Bonchev–Trinajstić information content (AvgIpc) is 2.74. The van der Waals surface area contributed by atoms with Crippen molar-refractivity contribution in [1.82, 2.24) is 10.2 Å². The Morgan fingerprint density at radius 2 is 2.05 bits per heavy atom. The molecule has 0 fully saturated rings. The number of hydrogen-bond acceptors (Lipinski definition) is 4. The van der Waals surface area contributed by atoms with Crippen molar-refractivity contribution in [1.29, 1.82) is 0 Å². The van der Waals surface area contributed by atoms with Crippen LogP contribution in [0.3, 0.4) is 0 Å². The van der Waals surface area contributed by atoms with Crippen LogP contribution in [0.15, 0.2) is 29.3 Å². The molecule has 2 rings (SSSR count). The van der Waals surface area contributed by atoms with E-state index in [0.29, 0.717) is 5.56 Å². The highest BCUT2D eigenvalue weighted by Gasteiger charge is 2.21. The summed E-state index contributed by atoms with van der Waals surface area (Å²) in [5.74, 6) is -0.914. The minimum Gasteiger partial charge on any atom is -0.478 e. The smallest absolute Gasteiger partial charge is 0.335 e. The van der Waals surface area contributed by atoms with Gasteiger partial charge < -0.3 is 5.11 Å². The summed E-state index contributed by atoms with van der Waals surface area (Å²) < 4.78 is 26.9. The number of aromatic carboxylic acids is 1. The lowest BCUT2D eigenvalue weighted by molar-refractivity contribution is 0.0696. The normalized spacial score (nSPS) is 11.3. The van der Waals surface area contributed by atoms with E-state index in [4.69, 9.17) is 5.11 Å². The summed E-state index contributed by atoms with van der Waals surface area (Å²) in [4.78, 5) is 11.0. The number of carbonyl (C=O) groups is 1. The highest BCUT2D eigenvalue weighted by Crippen LogP contribution is 2.22. The van der Waals surface area contributed by atoms with Crippen molar-refractivity contribution in [3.05, 3.63) is 41.1 Å². The second kappa shape index (κ2) is 4.97. The highest BCUT2D eigenvalue weighted by atomic mass is 32.2. The Bertz CT molecular complexity index is 765. The third-order valence-electron chi connectivity index (χ3n) is 2.87. The van der Waals surface area contributed by atoms with E-state index in [1.54, 1.807) is 6.92 Å². The number of benzene rings is 1. The van der Waals surface area contributed by atoms with Crippen molar-refractivity contribution in [3.8, 4) is 0 Å². The van der Waals surface area contributed by atoms with E-state index in [1.807, 2.05) is 0 Å². The molecule has 20 heavy (non-hydrogen) atoms. The van der Waals surface area contributed by atoms with E-state index >= 15 is 0 Å². The number of nitrogens with one attached hydrogen (secondary N) is 2. The first kappa shape index (κ1) is 14.1. The molecule has 0 unspecified atom stereocenters. The molecule has 0 aliphatic carbocycles. The molecule has 0 bridgehead atoms. The molecule has 2 aromatic rings. The number of aromatic nitrogens is 2. The molecule has 0 saturated heterocycles. The Labute approximate surface area is 115 Å². The van der Waals surface area contributed by atoms with Gasteiger partial charge in [0, 0.05) is 5.56 Å². The van der Waals surface area contributed by atoms with Crippen LogP contribution in [0.2, 0.25) is 0 Å². The fraction of sp³-hybridized carbons (Fsp3) is 0.167. The fourth-order valence-corrected chi connectivity index (χ4v) is 3.13. The molecule has 0 aliphatic rings. The van der Waals surface area contributed by atoms with Crippen molar-refractivity contribution in [2.24, 2.45) is 0 Å². The van der Waals surface area contributed by atoms with Crippen LogP contribution in [0.1, 0.15) is 21.5 Å². The molecule has 106 valence electrons. The van der Waals surface area contributed by atoms with E-state index in [1.165, 1.54) is 31.3 Å². The first-order valence-corrected chi connectivity index (χ1v) is 7.17. The molecule has 7 nitrogen and oxygen atoms in total. The van der Waals surface area contributed by atoms with Crippen LogP contribution >= 0.6 is 0 Å². The van der Waals surface area contributed by atoms with Crippen LogP contribution in [0.5, 0.6) is 0 Å². The van der Waals surface area contributed by atoms with Crippen molar-refractivity contribution in [3.63, 3.8) is 0 Å². The van der Waals surface area contributed by atoms with Gasteiger partial charge in [0.25, 0.3) is 10.0 Å². The molecule has 0 aliphatic heterocycles. The van der Waals surface area contributed by atoms with Gasteiger partial charge in [-0.3, -0.25) is 9.82 Å². The highest BCUT2D eigenvalue weighted by molar-refractivity contribution is 7.92. The number of sulfonamides is 1. The maximum absolute atomic E-state index is 12.3. The monoisotopic (exact) mass is 295 g/mol. The number of nitrogens with zero attached hydrogens (tertiary/aromatic N) is 1. The van der Waals surface area contributed by atoms with E-state index in [0.717, 1.165) is 0 Å². The number of H-pyrrole nitrogens is 1. The molecular formula is C12H13N3O4S. The van der Waals surface area contributed by atoms with Crippen molar-refractivity contribution in [2.45, 2.75) is 18.7 Å². The van der Waals surface area contributed by atoms with Crippen molar-refractivity contribution < 1.29 is 18.3 Å². The first-order chi connectivity index (χ1) is 9.33. The third kappa shape index (κ3) is 2.50. The van der Waals surface area contributed by atoms with Gasteiger partial charge in [0.2, 0.25) is 0 Å². The molecule has 8 heteroatoms. The summed E-state index contributed by atoms with van der Waals surface area (Å²) in [5, 5.41) is 15.3. The number of hydrogen-bond donors (Lipinski definition) is 3. The second-order valence-corrected chi connectivity index (χ2v) is 5.92. The van der Waals surface area contributed by atoms with Crippen LogP contribution in [-0.2, 0) is 10.0 Å². The minimum atomic E-state index is -3.88. The van der Waals surface area contributed by atoms with Crippen molar-refractivity contribution in [2.75, 3.05) is 4.72 Å². The van der Waals surface area contributed by atoms with Crippen LogP contribution in [0.25, 0.3) is 0 Å². The van der Waals surface area contributed by atoms with Gasteiger partial charge in [-0.15, -0.1) is 0 Å². The number of rotatable bonds is 4. The number of aromatic amines is 1. The van der Waals surface area contributed by atoms with Gasteiger partial charge in [-0.1, -0.05) is 6.07 Å². The number of carboxylic acid groups (broad SMARTS) is 1. The zero-order chi connectivity index (χ0) is 14.9. The minimum absolute atomic E-state index is 0.0470. The van der Waals surface area contributed by atoms with E-state index in [-0.39, 0.29) is 21.8 Å². The number of anilines is 1. The molecule has 0 spiro atoms. The van der Waals surface area contributed by atoms with E-state index in [2.05, 4.69) is 14.9 Å². The van der Waals surface area contributed by atoms with E-state index < -0.39 is 16.0 Å². The predicted molar refractivity (Wildman–Crippen MR) is 72.3 cm³/mol. The molecule has 1 aromatic carbocycles. The Kier molecular flexibility index (Phi) is 3.49. The van der Waals surface area contributed by atoms with Gasteiger partial charge in [-0.2, -0.15) is 5.10 Å². The summed E-state index contributed by atoms with van der Waals surface area (Å²) in [6, 6.07) is 4.11. The summed E-state index contributed by atoms with van der Waals surface area (Å²) in [6.45, 7) is 3.15. The maximum atomic E-state index is 12.3.